The van der Waals surface area contributed by atoms with E-state index in [-0.39, 0.29) is 6.10 Å². The third-order valence-corrected chi connectivity index (χ3v) is 6.89. The lowest BCUT2D eigenvalue weighted by atomic mass is 10.1. The maximum absolute atomic E-state index is 6.18. The molecule has 0 radical (unpaired) electrons. The van der Waals surface area contributed by atoms with Crippen molar-refractivity contribution in [2.24, 2.45) is 0 Å². The largest absolute Gasteiger partial charge is 0.493 e. The molecule has 1 aliphatic heterocycles. The second-order valence-corrected chi connectivity index (χ2v) is 9.63. The molecule has 2 heterocycles. The lowest BCUT2D eigenvalue weighted by Gasteiger charge is -2.39. The number of rotatable bonds is 10. The van der Waals surface area contributed by atoms with Gasteiger partial charge in [-0.15, -0.1) is 11.8 Å². The Labute approximate surface area is 217 Å². The van der Waals surface area contributed by atoms with Gasteiger partial charge in [-0.25, -0.2) is 4.98 Å². The number of aromatic nitrogens is 1. The van der Waals surface area contributed by atoms with Gasteiger partial charge in [0.15, 0.2) is 11.5 Å². The zero-order valence-electron chi connectivity index (χ0n) is 20.6. The first-order valence-corrected chi connectivity index (χ1v) is 13.3. The van der Waals surface area contributed by atoms with Crippen LogP contribution in [0.1, 0.15) is 11.1 Å². The van der Waals surface area contributed by atoms with Crippen molar-refractivity contribution in [3.63, 3.8) is 0 Å². The molecule has 0 spiro atoms. The van der Waals surface area contributed by atoms with E-state index in [1.54, 1.807) is 18.9 Å². The summed E-state index contributed by atoms with van der Waals surface area (Å²) in [5, 5.41) is 1.03. The molecule has 0 atom stereocenters. The molecule has 36 heavy (non-hydrogen) atoms. The van der Waals surface area contributed by atoms with Gasteiger partial charge in [0.1, 0.15) is 18.5 Å². The monoisotopic (exact) mass is 498 g/mol. The molecule has 184 valence electrons. The Hall–Kier alpha value is -3.48. The minimum Gasteiger partial charge on any atom is -0.493 e. The molecule has 1 aromatic heterocycles. The molecule has 0 bridgehead atoms. The van der Waals surface area contributed by atoms with E-state index in [2.05, 4.69) is 52.3 Å². The van der Waals surface area contributed by atoms with E-state index in [1.165, 1.54) is 5.56 Å². The molecule has 0 amide bonds. The van der Waals surface area contributed by atoms with E-state index >= 15 is 0 Å². The van der Waals surface area contributed by atoms with E-state index in [9.17, 15) is 0 Å². The fourth-order valence-electron chi connectivity index (χ4n) is 4.24. The fraction of sp³-hybridized carbons (Fsp3) is 0.233. The quantitative estimate of drug-likeness (QED) is 0.238. The summed E-state index contributed by atoms with van der Waals surface area (Å²) in [7, 11) is 1.68. The van der Waals surface area contributed by atoms with Crippen LogP contribution in [0.3, 0.4) is 0 Å². The van der Waals surface area contributed by atoms with Crippen molar-refractivity contribution in [3.8, 4) is 28.4 Å². The Kier molecular flexibility index (Phi) is 7.74. The van der Waals surface area contributed by atoms with Gasteiger partial charge >= 0.3 is 0 Å². The Bertz CT molecular complexity index is 1260. The van der Waals surface area contributed by atoms with Crippen molar-refractivity contribution in [1.29, 1.82) is 0 Å². The molecule has 1 saturated heterocycles. The standard InChI is InChI=1S/C30H30N2O3S/c1-33-29-16-23(8-14-28(29)34-21-22-6-4-3-5-7-22)18-32-19-27(20-32)35-26-12-9-24(10-13-26)25-11-15-30(36-2)31-17-25/h3-17,27H,18-21H2,1-2H3. The van der Waals surface area contributed by atoms with Crippen LogP contribution in [0, 0.1) is 0 Å². The third-order valence-electron chi connectivity index (χ3n) is 6.23. The van der Waals surface area contributed by atoms with Gasteiger partial charge in [-0.1, -0.05) is 54.6 Å². The van der Waals surface area contributed by atoms with Crippen LogP contribution >= 0.6 is 11.8 Å². The predicted molar refractivity (Wildman–Crippen MR) is 145 cm³/mol. The van der Waals surface area contributed by atoms with Crippen molar-refractivity contribution in [2.45, 2.75) is 24.3 Å². The smallest absolute Gasteiger partial charge is 0.161 e. The molecule has 0 saturated carbocycles. The topological polar surface area (TPSA) is 43.8 Å². The van der Waals surface area contributed by atoms with Crippen LogP contribution in [-0.2, 0) is 13.2 Å². The first-order valence-electron chi connectivity index (χ1n) is 12.0. The molecule has 5 rings (SSSR count). The molecule has 0 unspecified atom stereocenters. The number of methoxy groups -OCH3 is 1. The van der Waals surface area contributed by atoms with Crippen LogP contribution in [0.15, 0.2) is 96.2 Å². The van der Waals surface area contributed by atoms with Gasteiger partial charge in [0.2, 0.25) is 0 Å². The van der Waals surface area contributed by atoms with Crippen LogP contribution in [0.2, 0.25) is 0 Å². The minimum atomic E-state index is 0.203. The molecule has 1 aliphatic rings. The number of ether oxygens (including phenoxy) is 3. The van der Waals surface area contributed by atoms with E-state index in [1.807, 2.05) is 54.9 Å². The summed E-state index contributed by atoms with van der Waals surface area (Å²) < 4.78 is 17.7. The van der Waals surface area contributed by atoms with Crippen LogP contribution in [0.4, 0.5) is 0 Å². The van der Waals surface area contributed by atoms with Crippen molar-refractivity contribution in [2.75, 3.05) is 26.5 Å². The minimum absolute atomic E-state index is 0.203. The highest BCUT2D eigenvalue weighted by molar-refractivity contribution is 7.98. The Balaban J connectivity index is 1.10. The number of thioether (sulfide) groups is 1. The van der Waals surface area contributed by atoms with Gasteiger partial charge < -0.3 is 14.2 Å². The first-order chi connectivity index (χ1) is 17.7. The van der Waals surface area contributed by atoms with Crippen molar-refractivity contribution in [3.05, 3.63) is 102 Å². The normalized spacial score (nSPS) is 13.7. The molecule has 3 aromatic carbocycles. The van der Waals surface area contributed by atoms with Gasteiger partial charge in [0.25, 0.3) is 0 Å². The lowest BCUT2D eigenvalue weighted by molar-refractivity contribution is 0.0145. The maximum Gasteiger partial charge on any atom is 0.161 e. The van der Waals surface area contributed by atoms with E-state index < -0.39 is 0 Å². The third kappa shape index (κ3) is 6.01. The van der Waals surface area contributed by atoms with Gasteiger partial charge in [0.05, 0.1) is 12.1 Å². The zero-order valence-corrected chi connectivity index (χ0v) is 21.4. The molecule has 6 heteroatoms. The van der Waals surface area contributed by atoms with Crippen molar-refractivity contribution in [1.82, 2.24) is 9.88 Å². The highest BCUT2D eigenvalue weighted by Crippen LogP contribution is 2.30. The van der Waals surface area contributed by atoms with E-state index in [4.69, 9.17) is 14.2 Å². The number of nitrogens with zero attached hydrogens (tertiary/aromatic N) is 2. The summed E-state index contributed by atoms with van der Waals surface area (Å²) in [5.74, 6) is 2.42. The number of hydrogen-bond acceptors (Lipinski definition) is 6. The second-order valence-electron chi connectivity index (χ2n) is 8.81. The van der Waals surface area contributed by atoms with Crippen LogP contribution < -0.4 is 14.2 Å². The van der Waals surface area contributed by atoms with Gasteiger partial charge in [-0.2, -0.15) is 0 Å². The van der Waals surface area contributed by atoms with Crippen molar-refractivity contribution < 1.29 is 14.2 Å². The highest BCUT2D eigenvalue weighted by Gasteiger charge is 2.28. The Morgan fingerprint density at radius 1 is 0.861 bits per heavy atom. The van der Waals surface area contributed by atoms with Gasteiger partial charge in [0, 0.05) is 31.4 Å². The van der Waals surface area contributed by atoms with Crippen LogP contribution in [-0.4, -0.2) is 42.4 Å². The number of benzene rings is 3. The number of pyridine rings is 1. The highest BCUT2D eigenvalue weighted by atomic mass is 32.2. The molecule has 1 fully saturated rings. The fourth-order valence-corrected chi connectivity index (χ4v) is 4.60. The summed E-state index contributed by atoms with van der Waals surface area (Å²) >= 11 is 1.65. The Morgan fingerprint density at radius 3 is 2.33 bits per heavy atom. The Morgan fingerprint density at radius 2 is 1.64 bits per heavy atom. The predicted octanol–water partition coefficient (Wildman–Crippen LogP) is 6.32. The molecule has 0 aliphatic carbocycles. The summed E-state index contributed by atoms with van der Waals surface area (Å²) in [4.78, 5) is 6.83. The van der Waals surface area contributed by atoms with Gasteiger partial charge in [-0.05, 0) is 53.3 Å². The summed E-state index contributed by atoms with van der Waals surface area (Å²) in [6.07, 6.45) is 4.15. The summed E-state index contributed by atoms with van der Waals surface area (Å²) in [5.41, 5.74) is 4.58. The molecule has 0 N–H and O–H groups in total. The molecule has 4 aromatic rings. The number of hydrogen-bond donors (Lipinski definition) is 0. The zero-order chi connectivity index (χ0) is 24.7. The van der Waals surface area contributed by atoms with Gasteiger partial charge in [-0.3, -0.25) is 4.90 Å². The van der Waals surface area contributed by atoms with E-state index in [0.717, 1.165) is 58.6 Å². The average molecular weight is 499 g/mol. The number of likely N-dealkylation sites (tertiary alicyclic amines) is 1. The van der Waals surface area contributed by atoms with E-state index in [0.29, 0.717) is 6.61 Å². The average Bonchev–Trinajstić information content (AvgIpc) is 2.92. The summed E-state index contributed by atoms with van der Waals surface area (Å²) in [6, 6.07) is 28.7. The first kappa shape index (κ1) is 24.2. The van der Waals surface area contributed by atoms with Crippen LogP contribution in [0.5, 0.6) is 17.2 Å². The lowest BCUT2D eigenvalue weighted by Crippen LogP contribution is -2.53. The maximum atomic E-state index is 6.18. The SMILES string of the molecule is COc1cc(CN2CC(Oc3ccc(-c4ccc(SC)nc4)cc3)C2)ccc1OCc1ccccc1. The molecule has 5 nitrogen and oxygen atoms in total. The summed E-state index contributed by atoms with van der Waals surface area (Å²) in [6.45, 7) is 3.17. The molecular formula is C30H30N2O3S. The van der Waals surface area contributed by atoms with Crippen molar-refractivity contribution >= 4 is 11.8 Å². The second kappa shape index (κ2) is 11.5. The molecular weight excluding hydrogens is 468 g/mol. The van der Waals surface area contributed by atoms with Crippen LogP contribution in [0.25, 0.3) is 11.1 Å².